The Balaban J connectivity index is 1.64. The van der Waals surface area contributed by atoms with Crippen LogP contribution in [0.4, 0.5) is 10.1 Å². The summed E-state index contributed by atoms with van der Waals surface area (Å²) in [4.78, 5) is 24.2. The highest BCUT2D eigenvalue weighted by Gasteiger charge is 2.30. The van der Waals surface area contributed by atoms with E-state index >= 15 is 0 Å². The molecule has 0 saturated carbocycles. The van der Waals surface area contributed by atoms with Gasteiger partial charge in [0.2, 0.25) is 0 Å². The second-order valence-electron chi connectivity index (χ2n) is 6.54. The number of carboxylic acids is 1. The first-order valence-electron chi connectivity index (χ1n) is 8.84. The summed E-state index contributed by atoms with van der Waals surface area (Å²) in [7, 11) is 0. The summed E-state index contributed by atoms with van der Waals surface area (Å²) >= 11 is 5.89. The van der Waals surface area contributed by atoms with Crippen molar-refractivity contribution in [2.24, 2.45) is 5.10 Å². The second kappa shape index (κ2) is 7.61. The van der Waals surface area contributed by atoms with Crippen molar-refractivity contribution in [2.45, 2.75) is 6.92 Å². The van der Waals surface area contributed by atoms with Gasteiger partial charge in [-0.05, 0) is 55.5 Å². The van der Waals surface area contributed by atoms with Crippen LogP contribution in [0.15, 0.2) is 69.7 Å². The average Bonchev–Trinajstić information content (AvgIpc) is 3.29. The number of carbonyl (C=O) groups excluding carboxylic acids is 1. The van der Waals surface area contributed by atoms with Crippen molar-refractivity contribution in [1.29, 1.82) is 0 Å². The van der Waals surface area contributed by atoms with E-state index in [-0.39, 0.29) is 22.1 Å². The second-order valence-corrected chi connectivity index (χ2v) is 6.95. The zero-order valence-corrected chi connectivity index (χ0v) is 16.4. The first-order chi connectivity index (χ1) is 14.3. The third-order valence-corrected chi connectivity index (χ3v) is 4.84. The number of halogens is 2. The summed E-state index contributed by atoms with van der Waals surface area (Å²) in [5.41, 5.74) is 1.46. The zero-order chi connectivity index (χ0) is 21.4. The summed E-state index contributed by atoms with van der Waals surface area (Å²) in [6.45, 7) is 1.66. The summed E-state index contributed by atoms with van der Waals surface area (Å²) in [6, 6.07) is 13.5. The smallest absolute Gasteiger partial charge is 0.337 e. The van der Waals surface area contributed by atoms with Crippen molar-refractivity contribution in [3.05, 3.63) is 82.3 Å². The average molecular weight is 425 g/mol. The normalized spacial score (nSPS) is 15.0. The number of amides is 1. The van der Waals surface area contributed by atoms with E-state index in [1.807, 2.05) is 0 Å². The predicted molar refractivity (Wildman–Crippen MR) is 111 cm³/mol. The molecule has 8 heteroatoms. The van der Waals surface area contributed by atoms with Crippen LogP contribution in [0.1, 0.15) is 23.0 Å². The number of aromatic carboxylic acids is 1. The number of nitrogens with zero attached hydrogens (tertiary/aromatic N) is 2. The molecule has 6 nitrogen and oxygen atoms in total. The van der Waals surface area contributed by atoms with Crippen LogP contribution in [-0.4, -0.2) is 22.7 Å². The molecular formula is C22H14ClFN2O4. The molecule has 1 aliphatic heterocycles. The van der Waals surface area contributed by atoms with E-state index in [0.29, 0.717) is 28.4 Å². The maximum Gasteiger partial charge on any atom is 0.337 e. The van der Waals surface area contributed by atoms with Crippen LogP contribution in [0.3, 0.4) is 0 Å². The molecule has 0 aliphatic carbocycles. The van der Waals surface area contributed by atoms with Gasteiger partial charge in [0.1, 0.15) is 17.3 Å². The summed E-state index contributed by atoms with van der Waals surface area (Å²) in [5, 5.41) is 14.6. The Hall–Kier alpha value is -3.71. The van der Waals surface area contributed by atoms with Crippen LogP contribution in [0.5, 0.6) is 0 Å². The highest BCUT2D eigenvalue weighted by molar-refractivity contribution is 6.34. The fourth-order valence-electron chi connectivity index (χ4n) is 3.04. The third kappa shape index (κ3) is 3.62. The molecule has 0 atom stereocenters. The number of hydrogen-bond donors (Lipinski definition) is 1. The quantitative estimate of drug-likeness (QED) is 0.580. The van der Waals surface area contributed by atoms with Crippen molar-refractivity contribution in [3.8, 4) is 11.3 Å². The van der Waals surface area contributed by atoms with Gasteiger partial charge in [0, 0.05) is 5.56 Å². The van der Waals surface area contributed by atoms with E-state index in [1.54, 1.807) is 31.2 Å². The molecule has 0 saturated heterocycles. The third-order valence-electron chi connectivity index (χ3n) is 4.51. The molecule has 150 valence electrons. The molecule has 0 unspecified atom stereocenters. The van der Waals surface area contributed by atoms with Crippen molar-refractivity contribution in [2.75, 3.05) is 5.01 Å². The molecule has 30 heavy (non-hydrogen) atoms. The fraction of sp³-hybridized carbons (Fsp3) is 0.0455. The lowest BCUT2D eigenvalue weighted by Gasteiger charge is -2.12. The number of rotatable bonds is 4. The van der Waals surface area contributed by atoms with E-state index in [9.17, 15) is 19.1 Å². The lowest BCUT2D eigenvalue weighted by Crippen LogP contribution is -2.21. The Labute approximate surface area is 175 Å². The van der Waals surface area contributed by atoms with Crippen molar-refractivity contribution in [3.63, 3.8) is 0 Å². The van der Waals surface area contributed by atoms with Gasteiger partial charge >= 0.3 is 5.97 Å². The summed E-state index contributed by atoms with van der Waals surface area (Å²) in [5.74, 6) is -1.16. The molecule has 2 aromatic carbocycles. The standard InChI is InChI=1S/C22H14ClFN2O4/c1-12-17(11-16-6-8-20(30-16)13-3-2-4-14(24)9-13)21(27)26(25-12)15-5-7-19(23)18(10-15)22(28)29/h2-11H,1H3,(H,28,29). The first-order valence-corrected chi connectivity index (χ1v) is 9.21. The van der Waals surface area contributed by atoms with Crippen LogP contribution in [0, 0.1) is 5.82 Å². The van der Waals surface area contributed by atoms with E-state index < -0.39 is 11.9 Å². The molecule has 0 spiro atoms. The van der Waals surface area contributed by atoms with Crippen molar-refractivity contribution in [1.82, 2.24) is 0 Å². The molecule has 0 bridgehead atoms. The number of hydrazone groups is 1. The maximum atomic E-state index is 13.4. The lowest BCUT2D eigenvalue weighted by molar-refractivity contribution is -0.114. The minimum absolute atomic E-state index is 0.0647. The van der Waals surface area contributed by atoms with E-state index in [1.165, 1.54) is 36.4 Å². The minimum Gasteiger partial charge on any atom is -0.478 e. The van der Waals surface area contributed by atoms with Gasteiger partial charge in [-0.25, -0.2) is 9.18 Å². The Morgan fingerprint density at radius 3 is 2.73 bits per heavy atom. The fourth-order valence-corrected chi connectivity index (χ4v) is 3.24. The van der Waals surface area contributed by atoms with Gasteiger partial charge in [0.25, 0.3) is 5.91 Å². The van der Waals surface area contributed by atoms with Crippen LogP contribution < -0.4 is 5.01 Å². The highest BCUT2D eigenvalue weighted by Crippen LogP contribution is 2.30. The number of hydrogen-bond acceptors (Lipinski definition) is 4. The molecule has 2 heterocycles. The minimum atomic E-state index is -1.20. The number of carboxylic acid groups (broad SMARTS) is 1. The molecule has 0 radical (unpaired) electrons. The van der Waals surface area contributed by atoms with E-state index in [0.717, 1.165) is 5.01 Å². The lowest BCUT2D eigenvalue weighted by atomic mass is 10.1. The van der Waals surface area contributed by atoms with Gasteiger partial charge in [0.05, 0.1) is 27.6 Å². The van der Waals surface area contributed by atoms with Crippen molar-refractivity contribution >= 4 is 41.0 Å². The number of furan rings is 1. The van der Waals surface area contributed by atoms with Crippen LogP contribution in [-0.2, 0) is 4.79 Å². The Morgan fingerprint density at radius 2 is 2.00 bits per heavy atom. The molecule has 3 aromatic rings. The van der Waals surface area contributed by atoms with Gasteiger partial charge in [0.15, 0.2) is 0 Å². The van der Waals surface area contributed by atoms with Gasteiger partial charge in [-0.15, -0.1) is 0 Å². The van der Waals surface area contributed by atoms with Crippen LogP contribution in [0.2, 0.25) is 5.02 Å². The van der Waals surface area contributed by atoms with Gasteiger partial charge in [-0.1, -0.05) is 23.7 Å². The molecule has 4 rings (SSSR count). The zero-order valence-electron chi connectivity index (χ0n) is 15.6. The van der Waals surface area contributed by atoms with Crippen molar-refractivity contribution < 1.29 is 23.5 Å². The Kier molecular flexibility index (Phi) is 4.97. The Bertz CT molecular complexity index is 1250. The SMILES string of the molecule is CC1=NN(c2ccc(Cl)c(C(=O)O)c2)C(=O)C1=Cc1ccc(-c2cccc(F)c2)o1. The maximum absolute atomic E-state index is 13.4. The van der Waals surface area contributed by atoms with E-state index in [4.69, 9.17) is 16.0 Å². The van der Waals surface area contributed by atoms with Gasteiger partial charge in [-0.2, -0.15) is 10.1 Å². The predicted octanol–water partition coefficient (Wildman–Crippen LogP) is 5.24. The molecule has 1 aromatic heterocycles. The highest BCUT2D eigenvalue weighted by atomic mass is 35.5. The summed E-state index contributed by atoms with van der Waals surface area (Å²) < 4.78 is 19.2. The van der Waals surface area contributed by atoms with E-state index in [2.05, 4.69) is 5.10 Å². The molecule has 0 fully saturated rings. The molecule has 1 amide bonds. The van der Waals surface area contributed by atoms with Crippen LogP contribution in [0.25, 0.3) is 17.4 Å². The number of carbonyl (C=O) groups is 2. The Morgan fingerprint density at radius 1 is 1.20 bits per heavy atom. The molecule has 1 aliphatic rings. The summed E-state index contributed by atoms with van der Waals surface area (Å²) in [6.07, 6.45) is 1.54. The molecular weight excluding hydrogens is 411 g/mol. The first kappa shape index (κ1) is 19.6. The monoisotopic (exact) mass is 424 g/mol. The van der Waals surface area contributed by atoms with Gasteiger partial charge < -0.3 is 9.52 Å². The number of benzene rings is 2. The van der Waals surface area contributed by atoms with Crippen LogP contribution >= 0.6 is 11.6 Å². The largest absolute Gasteiger partial charge is 0.478 e. The molecule has 1 N–H and O–H groups in total. The topological polar surface area (TPSA) is 83.1 Å². The number of anilines is 1. The van der Waals surface area contributed by atoms with Gasteiger partial charge in [-0.3, -0.25) is 4.79 Å².